The topological polar surface area (TPSA) is 145 Å². The summed E-state index contributed by atoms with van der Waals surface area (Å²) in [6.45, 7) is 1.84. The van der Waals surface area contributed by atoms with Crippen LogP contribution in [0.5, 0.6) is 5.88 Å². The molecule has 1 N–H and O–H groups in total. The van der Waals surface area contributed by atoms with Crippen molar-refractivity contribution in [1.82, 2.24) is 24.8 Å². The van der Waals surface area contributed by atoms with Crippen molar-refractivity contribution in [2.45, 2.75) is 11.8 Å². The minimum atomic E-state index is -4.06. The molecule has 0 unspecified atom stereocenters. The van der Waals surface area contributed by atoms with Crippen LogP contribution < -0.4 is 4.18 Å². The summed E-state index contributed by atoms with van der Waals surface area (Å²) in [5, 5.41) is 21.3. The molecule has 0 atom stereocenters. The Morgan fingerprint density at radius 2 is 1.96 bits per heavy atom. The molecule has 0 aliphatic carbocycles. The van der Waals surface area contributed by atoms with E-state index in [1.165, 1.54) is 35.1 Å². The molecule has 3 aromatic heterocycles. The van der Waals surface area contributed by atoms with Crippen molar-refractivity contribution in [3.05, 3.63) is 64.6 Å². The highest BCUT2D eigenvalue weighted by atomic mass is 32.2. The van der Waals surface area contributed by atoms with Crippen LogP contribution in [0.15, 0.2) is 53.8 Å². The molecule has 0 saturated carbocycles. The van der Waals surface area contributed by atoms with E-state index in [1.54, 1.807) is 12.1 Å². The summed E-state index contributed by atoms with van der Waals surface area (Å²) in [7, 11) is -4.06. The number of nitro groups is 1. The van der Waals surface area contributed by atoms with E-state index in [0.717, 1.165) is 11.8 Å². The predicted octanol–water partition coefficient (Wildman–Crippen LogP) is 2.10. The van der Waals surface area contributed by atoms with Crippen molar-refractivity contribution in [2.75, 3.05) is 0 Å². The molecule has 0 amide bonds. The van der Waals surface area contributed by atoms with Crippen LogP contribution in [-0.2, 0) is 10.1 Å². The molecule has 4 rings (SSSR count). The third-order valence-electron chi connectivity index (χ3n) is 3.90. The zero-order valence-corrected chi connectivity index (χ0v) is 15.1. The van der Waals surface area contributed by atoms with Gasteiger partial charge in [-0.25, -0.2) is 9.50 Å². The molecule has 4 aromatic rings. The number of aromatic amines is 1. The summed E-state index contributed by atoms with van der Waals surface area (Å²) >= 11 is 0. The van der Waals surface area contributed by atoms with Gasteiger partial charge in [0.15, 0.2) is 5.65 Å². The van der Waals surface area contributed by atoms with Gasteiger partial charge in [0.1, 0.15) is 16.8 Å². The molecule has 3 heterocycles. The molecule has 0 fully saturated rings. The average molecular weight is 400 g/mol. The van der Waals surface area contributed by atoms with E-state index in [0.29, 0.717) is 11.2 Å². The maximum absolute atomic E-state index is 12.4. The van der Waals surface area contributed by atoms with E-state index < -0.39 is 15.0 Å². The molecular formula is C16H12N6O5S. The molecule has 12 heteroatoms. The molecular weight excluding hydrogens is 388 g/mol. The Morgan fingerprint density at radius 1 is 1.21 bits per heavy atom. The van der Waals surface area contributed by atoms with Crippen molar-refractivity contribution in [3.63, 3.8) is 0 Å². The lowest BCUT2D eigenvalue weighted by Crippen LogP contribution is -2.10. The van der Waals surface area contributed by atoms with Gasteiger partial charge in [0.05, 0.1) is 4.92 Å². The monoisotopic (exact) mass is 400 g/mol. The third kappa shape index (κ3) is 3.16. The van der Waals surface area contributed by atoms with Crippen LogP contribution in [0.1, 0.15) is 5.56 Å². The number of aromatic nitrogens is 5. The van der Waals surface area contributed by atoms with Crippen molar-refractivity contribution in [1.29, 1.82) is 0 Å². The summed E-state index contributed by atoms with van der Waals surface area (Å²) < 4.78 is 31.1. The van der Waals surface area contributed by atoms with Crippen LogP contribution in [-0.4, -0.2) is 38.1 Å². The van der Waals surface area contributed by atoms with Crippen LogP contribution in [0.4, 0.5) is 5.69 Å². The molecule has 28 heavy (non-hydrogen) atoms. The Labute approximate surface area is 157 Å². The van der Waals surface area contributed by atoms with Gasteiger partial charge in [0.2, 0.25) is 0 Å². The van der Waals surface area contributed by atoms with Crippen LogP contribution in [0.2, 0.25) is 0 Å². The lowest BCUT2D eigenvalue weighted by molar-refractivity contribution is -0.384. The van der Waals surface area contributed by atoms with E-state index in [1.807, 2.05) is 6.92 Å². The zero-order chi connectivity index (χ0) is 19.9. The van der Waals surface area contributed by atoms with E-state index in [4.69, 9.17) is 4.18 Å². The van der Waals surface area contributed by atoms with Gasteiger partial charge >= 0.3 is 15.8 Å². The summed E-state index contributed by atoms with van der Waals surface area (Å²) in [5.41, 5.74) is 1.51. The van der Waals surface area contributed by atoms with Gasteiger partial charge in [0, 0.05) is 24.0 Å². The number of H-pyrrole nitrogens is 1. The second-order valence-corrected chi connectivity index (χ2v) is 7.41. The Kier molecular flexibility index (Phi) is 4.04. The van der Waals surface area contributed by atoms with Gasteiger partial charge in [0.25, 0.3) is 5.88 Å². The number of nitrogens with one attached hydrogen (secondary N) is 1. The lowest BCUT2D eigenvalue weighted by atomic mass is 10.2. The molecule has 11 nitrogen and oxygen atoms in total. The van der Waals surface area contributed by atoms with Crippen LogP contribution in [0.25, 0.3) is 16.9 Å². The van der Waals surface area contributed by atoms with E-state index in [9.17, 15) is 18.5 Å². The standard InChI is InChI=1S/C16H12N6O5S/c1-10-2-4-12(5-3-10)28(25,26)27-15-6-14-17-7-11(9-21(14)20-15)16-13(22(23)24)8-18-19-16/h2-9H,1H3,(H,18,19). The van der Waals surface area contributed by atoms with Crippen LogP contribution in [0, 0.1) is 17.0 Å². The Balaban J connectivity index is 1.68. The number of nitrogens with zero attached hydrogens (tertiary/aromatic N) is 5. The smallest absolute Gasteiger partial charge is 0.340 e. The van der Waals surface area contributed by atoms with Crippen LogP contribution in [0.3, 0.4) is 0 Å². The number of benzene rings is 1. The lowest BCUT2D eigenvalue weighted by Gasteiger charge is -2.04. The van der Waals surface area contributed by atoms with Crippen molar-refractivity contribution in [2.24, 2.45) is 0 Å². The van der Waals surface area contributed by atoms with Crippen molar-refractivity contribution >= 4 is 21.5 Å². The summed E-state index contributed by atoms with van der Waals surface area (Å²) in [6.07, 6.45) is 3.93. The van der Waals surface area contributed by atoms with Crippen molar-refractivity contribution < 1.29 is 17.5 Å². The molecule has 0 aliphatic rings. The van der Waals surface area contributed by atoms with E-state index in [-0.39, 0.29) is 22.2 Å². The number of rotatable bonds is 5. The second-order valence-electron chi connectivity index (χ2n) is 5.87. The molecule has 0 aliphatic heterocycles. The molecule has 0 spiro atoms. The number of fused-ring (bicyclic) bond motifs is 1. The Morgan fingerprint density at radius 3 is 2.68 bits per heavy atom. The summed E-state index contributed by atoms with van der Waals surface area (Å²) in [5.74, 6) is -0.177. The first-order valence-electron chi connectivity index (χ1n) is 7.88. The van der Waals surface area contributed by atoms with Gasteiger partial charge in [-0.05, 0) is 19.1 Å². The van der Waals surface area contributed by atoms with E-state index in [2.05, 4.69) is 20.3 Å². The van der Waals surface area contributed by atoms with Gasteiger partial charge in [-0.3, -0.25) is 15.2 Å². The highest BCUT2D eigenvalue weighted by molar-refractivity contribution is 7.87. The summed E-state index contributed by atoms with van der Waals surface area (Å²) in [6, 6.07) is 7.54. The van der Waals surface area contributed by atoms with Crippen molar-refractivity contribution in [3.8, 4) is 17.1 Å². The Bertz CT molecular complexity index is 1290. The first-order valence-corrected chi connectivity index (χ1v) is 9.29. The third-order valence-corrected chi connectivity index (χ3v) is 5.14. The fraction of sp³-hybridized carbons (Fsp3) is 0.0625. The highest BCUT2D eigenvalue weighted by Crippen LogP contribution is 2.27. The fourth-order valence-corrected chi connectivity index (χ4v) is 3.39. The fourth-order valence-electron chi connectivity index (χ4n) is 2.52. The summed E-state index contributed by atoms with van der Waals surface area (Å²) in [4.78, 5) is 14.6. The molecule has 0 radical (unpaired) electrons. The van der Waals surface area contributed by atoms with Gasteiger partial charge in [-0.15, -0.1) is 5.10 Å². The van der Waals surface area contributed by atoms with Gasteiger partial charge in [-0.2, -0.15) is 13.5 Å². The number of hydrogen-bond donors (Lipinski definition) is 1. The minimum absolute atomic E-state index is 0.00288. The maximum atomic E-state index is 12.4. The molecule has 0 bridgehead atoms. The predicted molar refractivity (Wildman–Crippen MR) is 96.2 cm³/mol. The molecule has 0 saturated heterocycles. The minimum Gasteiger partial charge on any atom is -0.356 e. The first-order chi connectivity index (χ1) is 13.3. The largest absolute Gasteiger partial charge is 0.356 e. The quantitative estimate of drug-likeness (QED) is 0.304. The average Bonchev–Trinajstić information content (AvgIpc) is 3.27. The van der Waals surface area contributed by atoms with E-state index >= 15 is 0 Å². The van der Waals surface area contributed by atoms with Gasteiger partial charge in [-0.1, -0.05) is 17.7 Å². The van der Waals surface area contributed by atoms with Gasteiger partial charge < -0.3 is 4.18 Å². The number of aryl methyl sites for hydroxylation is 1. The molecule has 1 aromatic carbocycles. The zero-order valence-electron chi connectivity index (χ0n) is 14.3. The number of hydrogen-bond acceptors (Lipinski definition) is 8. The molecule has 142 valence electrons. The Hall–Kier alpha value is -3.80. The maximum Gasteiger partial charge on any atom is 0.340 e. The first kappa shape index (κ1) is 17.6. The second kappa shape index (κ2) is 6.42. The SMILES string of the molecule is Cc1ccc(S(=O)(=O)Oc2cc3ncc(-c4[nH]ncc4[N+](=O)[O-])cn3n2)cc1. The highest BCUT2D eigenvalue weighted by Gasteiger charge is 2.21. The van der Waals surface area contributed by atoms with Crippen LogP contribution >= 0.6 is 0 Å². The normalized spacial score (nSPS) is 11.6.